The van der Waals surface area contributed by atoms with Crippen molar-refractivity contribution >= 4 is 23.6 Å². The number of para-hydroxylation sites is 1. The highest BCUT2D eigenvalue weighted by Gasteiger charge is 2.12. The van der Waals surface area contributed by atoms with Crippen LogP contribution in [0, 0.1) is 17.1 Å². The largest absolute Gasteiger partial charge is 0.493 e. The molecule has 2 N–H and O–H groups in total. The third-order valence-electron chi connectivity index (χ3n) is 4.67. The van der Waals surface area contributed by atoms with Crippen LogP contribution in [0.1, 0.15) is 11.1 Å². The molecular weight excluding hydrogens is 437 g/mol. The molecular formula is C26H22FN3O4. The molecule has 172 valence electrons. The van der Waals surface area contributed by atoms with Crippen LogP contribution in [0.15, 0.2) is 78.4 Å². The Bertz CT molecular complexity index is 1240. The minimum Gasteiger partial charge on any atom is -0.493 e. The highest BCUT2D eigenvalue weighted by atomic mass is 19.1. The first-order valence-corrected chi connectivity index (χ1v) is 10.3. The number of anilines is 1. The molecule has 0 atom stereocenters. The molecule has 3 rings (SSSR count). The minimum atomic E-state index is -0.550. The molecule has 0 bridgehead atoms. The molecule has 0 heterocycles. The summed E-state index contributed by atoms with van der Waals surface area (Å²) in [6, 6.07) is 21.8. The van der Waals surface area contributed by atoms with E-state index in [1.54, 1.807) is 24.3 Å². The lowest BCUT2D eigenvalue weighted by Crippen LogP contribution is -2.23. The highest BCUT2D eigenvalue weighted by Crippen LogP contribution is 2.29. The van der Waals surface area contributed by atoms with Gasteiger partial charge in [-0.1, -0.05) is 48.5 Å². The van der Waals surface area contributed by atoms with Gasteiger partial charge in [0, 0.05) is 6.54 Å². The quantitative estimate of drug-likeness (QED) is 0.371. The molecule has 0 aliphatic carbocycles. The second-order valence-corrected chi connectivity index (χ2v) is 7.07. The van der Waals surface area contributed by atoms with E-state index >= 15 is 0 Å². The molecule has 0 spiro atoms. The van der Waals surface area contributed by atoms with E-state index in [1.165, 1.54) is 31.4 Å². The molecule has 0 fully saturated rings. The molecule has 0 unspecified atom stereocenters. The van der Waals surface area contributed by atoms with Gasteiger partial charge in [0.05, 0.1) is 12.8 Å². The second kappa shape index (κ2) is 11.8. The van der Waals surface area contributed by atoms with Gasteiger partial charge in [-0.2, -0.15) is 5.26 Å². The zero-order chi connectivity index (χ0) is 24.3. The Labute approximate surface area is 196 Å². The summed E-state index contributed by atoms with van der Waals surface area (Å²) in [5.74, 6) is -1.02. The smallest absolute Gasteiger partial charge is 0.262 e. The number of nitrogens with zero attached hydrogens (tertiary/aromatic N) is 1. The van der Waals surface area contributed by atoms with Crippen LogP contribution in [0.4, 0.5) is 10.1 Å². The summed E-state index contributed by atoms with van der Waals surface area (Å²) >= 11 is 0. The lowest BCUT2D eigenvalue weighted by Gasteiger charge is -2.12. The van der Waals surface area contributed by atoms with Gasteiger partial charge in [0.1, 0.15) is 17.5 Å². The Hall–Kier alpha value is -4.64. The molecule has 2 amide bonds. The predicted molar refractivity (Wildman–Crippen MR) is 125 cm³/mol. The van der Waals surface area contributed by atoms with Crippen molar-refractivity contribution in [2.45, 2.75) is 6.54 Å². The summed E-state index contributed by atoms with van der Waals surface area (Å²) in [6.45, 7) is -0.0744. The van der Waals surface area contributed by atoms with Gasteiger partial charge >= 0.3 is 0 Å². The van der Waals surface area contributed by atoms with Crippen molar-refractivity contribution in [3.8, 4) is 17.6 Å². The first-order chi connectivity index (χ1) is 16.5. The summed E-state index contributed by atoms with van der Waals surface area (Å²) in [5.41, 5.74) is 1.43. The Kier molecular flexibility index (Phi) is 8.36. The average Bonchev–Trinajstić information content (AvgIpc) is 2.86. The van der Waals surface area contributed by atoms with Crippen molar-refractivity contribution in [2.24, 2.45) is 0 Å². The molecule has 3 aromatic carbocycles. The number of methoxy groups -OCH3 is 1. The molecule has 3 aromatic rings. The SMILES string of the molecule is COc1cc(C=C(C#N)C(=O)NCc2ccccc2)ccc1OCC(=O)Nc1ccccc1F. The van der Waals surface area contributed by atoms with Gasteiger partial charge in [0.2, 0.25) is 0 Å². The number of ether oxygens (including phenoxy) is 2. The van der Waals surface area contributed by atoms with E-state index in [0.717, 1.165) is 5.56 Å². The highest BCUT2D eigenvalue weighted by molar-refractivity contribution is 6.01. The fourth-order valence-corrected chi connectivity index (χ4v) is 2.97. The number of rotatable bonds is 9. The summed E-state index contributed by atoms with van der Waals surface area (Å²) in [4.78, 5) is 24.5. The summed E-state index contributed by atoms with van der Waals surface area (Å²) in [7, 11) is 1.42. The second-order valence-electron chi connectivity index (χ2n) is 7.07. The molecule has 8 heteroatoms. The zero-order valence-electron chi connectivity index (χ0n) is 18.4. The van der Waals surface area contributed by atoms with Crippen LogP contribution in [0.3, 0.4) is 0 Å². The van der Waals surface area contributed by atoms with Gasteiger partial charge in [-0.25, -0.2) is 4.39 Å². The maximum atomic E-state index is 13.7. The predicted octanol–water partition coefficient (Wildman–Crippen LogP) is 4.08. The van der Waals surface area contributed by atoms with Crippen LogP contribution in [0.2, 0.25) is 0 Å². The van der Waals surface area contributed by atoms with Gasteiger partial charge in [0.25, 0.3) is 11.8 Å². The summed E-state index contributed by atoms with van der Waals surface area (Å²) in [6.07, 6.45) is 1.43. The van der Waals surface area contributed by atoms with Gasteiger partial charge < -0.3 is 20.1 Å². The van der Waals surface area contributed by atoms with E-state index in [2.05, 4.69) is 10.6 Å². The van der Waals surface area contributed by atoms with Crippen molar-refractivity contribution in [1.82, 2.24) is 5.32 Å². The Morgan fingerprint density at radius 2 is 1.76 bits per heavy atom. The minimum absolute atomic E-state index is 0.0538. The number of halogens is 1. The van der Waals surface area contributed by atoms with Crippen LogP contribution >= 0.6 is 0 Å². The third-order valence-corrected chi connectivity index (χ3v) is 4.67. The molecule has 0 saturated carbocycles. The van der Waals surface area contributed by atoms with Crippen LogP contribution in [-0.4, -0.2) is 25.5 Å². The van der Waals surface area contributed by atoms with Crippen LogP contribution in [-0.2, 0) is 16.1 Å². The molecule has 0 aliphatic rings. The topological polar surface area (TPSA) is 100 Å². The summed E-state index contributed by atoms with van der Waals surface area (Å²) in [5, 5.41) is 14.6. The fourth-order valence-electron chi connectivity index (χ4n) is 2.97. The van der Waals surface area contributed by atoms with Crippen molar-refractivity contribution in [3.05, 3.63) is 95.3 Å². The van der Waals surface area contributed by atoms with E-state index in [9.17, 15) is 19.2 Å². The first-order valence-electron chi connectivity index (χ1n) is 10.3. The Morgan fingerprint density at radius 3 is 2.47 bits per heavy atom. The number of nitrogens with one attached hydrogen (secondary N) is 2. The van der Waals surface area contributed by atoms with Gasteiger partial charge in [0.15, 0.2) is 18.1 Å². The molecule has 0 aliphatic heterocycles. The maximum Gasteiger partial charge on any atom is 0.262 e. The van der Waals surface area contributed by atoms with E-state index in [1.807, 2.05) is 36.4 Å². The van der Waals surface area contributed by atoms with Crippen molar-refractivity contribution in [2.75, 3.05) is 19.0 Å². The van der Waals surface area contributed by atoms with Crippen molar-refractivity contribution in [1.29, 1.82) is 5.26 Å². The molecule has 34 heavy (non-hydrogen) atoms. The number of hydrogen-bond acceptors (Lipinski definition) is 5. The number of benzene rings is 3. The lowest BCUT2D eigenvalue weighted by molar-refractivity contribution is -0.118. The third kappa shape index (κ3) is 6.68. The van der Waals surface area contributed by atoms with Crippen LogP contribution in [0.25, 0.3) is 6.08 Å². The monoisotopic (exact) mass is 459 g/mol. The average molecular weight is 459 g/mol. The standard InChI is InChI=1S/C26H22FN3O4/c1-33-24-14-19(13-20(15-28)26(32)29-16-18-7-3-2-4-8-18)11-12-23(24)34-17-25(31)30-22-10-6-5-9-21(22)27/h2-14H,16-17H2,1H3,(H,29,32)(H,30,31). The lowest BCUT2D eigenvalue weighted by atomic mass is 10.1. The molecule has 7 nitrogen and oxygen atoms in total. The normalized spacial score (nSPS) is 10.7. The van der Waals surface area contributed by atoms with Crippen molar-refractivity contribution < 1.29 is 23.5 Å². The van der Waals surface area contributed by atoms with Gasteiger partial charge in [-0.05, 0) is 41.5 Å². The van der Waals surface area contributed by atoms with E-state index < -0.39 is 17.6 Å². The first kappa shape index (κ1) is 24.0. The zero-order valence-corrected chi connectivity index (χ0v) is 18.4. The van der Waals surface area contributed by atoms with Gasteiger partial charge in [-0.3, -0.25) is 9.59 Å². The number of amides is 2. The Morgan fingerprint density at radius 1 is 1.03 bits per heavy atom. The number of carbonyl (C=O) groups is 2. The molecule has 0 radical (unpaired) electrons. The van der Waals surface area contributed by atoms with Gasteiger partial charge in [-0.15, -0.1) is 0 Å². The summed E-state index contributed by atoms with van der Waals surface area (Å²) < 4.78 is 24.5. The number of carbonyl (C=O) groups excluding carboxylic acids is 2. The van der Waals surface area contributed by atoms with E-state index in [0.29, 0.717) is 17.9 Å². The molecule has 0 saturated heterocycles. The van der Waals surface area contributed by atoms with E-state index in [-0.39, 0.29) is 23.6 Å². The number of nitriles is 1. The molecule has 0 aromatic heterocycles. The fraction of sp³-hybridized carbons (Fsp3) is 0.115. The maximum absolute atomic E-state index is 13.7. The van der Waals surface area contributed by atoms with Crippen LogP contribution in [0.5, 0.6) is 11.5 Å². The Balaban J connectivity index is 1.64. The number of hydrogen-bond donors (Lipinski definition) is 2. The van der Waals surface area contributed by atoms with Crippen molar-refractivity contribution in [3.63, 3.8) is 0 Å². The van der Waals surface area contributed by atoms with Crippen LogP contribution < -0.4 is 20.1 Å². The van der Waals surface area contributed by atoms with E-state index in [4.69, 9.17) is 9.47 Å².